The third-order valence-corrected chi connectivity index (χ3v) is 3.36. The molecule has 114 valence electrons. The molecule has 0 aromatic carbocycles. The Morgan fingerprint density at radius 2 is 1.95 bits per heavy atom. The van der Waals surface area contributed by atoms with Gasteiger partial charge in [0.05, 0.1) is 12.3 Å². The average Bonchev–Trinajstić information content (AvgIpc) is 2.36. The largest absolute Gasteiger partial charge is 0.481 e. The fraction of sp³-hybridized carbons (Fsp3) is 0.786. The van der Waals surface area contributed by atoms with Crippen LogP contribution in [-0.2, 0) is 14.4 Å². The molecule has 0 radical (unpaired) electrons. The summed E-state index contributed by atoms with van der Waals surface area (Å²) in [4.78, 5) is 36.3. The quantitative estimate of drug-likeness (QED) is 0.801. The van der Waals surface area contributed by atoms with Crippen LogP contribution >= 0.6 is 0 Å². The molecule has 1 aliphatic rings. The van der Waals surface area contributed by atoms with Gasteiger partial charge in [-0.25, -0.2) is 0 Å². The standard InChI is InChI=1S/C14H24N2O4/c1-14(2,3)13(20)16-8-4-5-10(9-16)12(19)15-7-6-11(17)18/h10H,4-9H2,1-3H3,(H,15,19)(H,17,18). The summed E-state index contributed by atoms with van der Waals surface area (Å²) in [6, 6.07) is 0. The fourth-order valence-electron chi connectivity index (χ4n) is 2.29. The SMILES string of the molecule is CC(C)(C)C(=O)N1CCCC(C(=O)NCCC(=O)O)C1. The Labute approximate surface area is 119 Å². The van der Waals surface area contributed by atoms with Crippen molar-refractivity contribution >= 4 is 17.8 Å². The van der Waals surface area contributed by atoms with E-state index in [2.05, 4.69) is 5.32 Å². The van der Waals surface area contributed by atoms with Crippen LogP contribution < -0.4 is 5.32 Å². The van der Waals surface area contributed by atoms with Gasteiger partial charge in [-0.15, -0.1) is 0 Å². The first-order valence-electron chi connectivity index (χ1n) is 7.00. The Morgan fingerprint density at radius 1 is 1.30 bits per heavy atom. The summed E-state index contributed by atoms with van der Waals surface area (Å²) in [6.45, 7) is 6.85. The number of piperidine rings is 1. The molecule has 1 rings (SSSR count). The van der Waals surface area contributed by atoms with Crippen molar-refractivity contribution < 1.29 is 19.5 Å². The molecule has 1 fully saturated rings. The van der Waals surface area contributed by atoms with E-state index in [0.29, 0.717) is 13.1 Å². The molecule has 0 spiro atoms. The topological polar surface area (TPSA) is 86.7 Å². The van der Waals surface area contributed by atoms with Gasteiger partial charge >= 0.3 is 5.97 Å². The number of carboxylic acids is 1. The van der Waals surface area contributed by atoms with Crippen molar-refractivity contribution in [2.45, 2.75) is 40.0 Å². The van der Waals surface area contributed by atoms with Crippen LogP contribution in [0.25, 0.3) is 0 Å². The van der Waals surface area contributed by atoms with E-state index in [9.17, 15) is 14.4 Å². The number of carbonyl (C=O) groups is 3. The van der Waals surface area contributed by atoms with Gasteiger partial charge < -0.3 is 15.3 Å². The number of hydrogen-bond donors (Lipinski definition) is 2. The van der Waals surface area contributed by atoms with Crippen LogP contribution in [-0.4, -0.2) is 47.4 Å². The maximum absolute atomic E-state index is 12.2. The van der Waals surface area contributed by atoms with Gasteiger partial charge in [-0.05, 0) is 12.8 Å². The lowest BCUT2D eigenvalue weighted by molar-refractivity contribution is -0.142. The first-order valence-corrected chi connectivity index (χ1v) is 7.00. The Bertz CT molecular complexity index is 387. The summed E-state index contributed by atoms with van der Waals surface area (Å²) in [7, 11) is 0. The predicted octanol–water partition coefficient (Wildman–Crippen LogP) is 0.862. The van der Waals surface area contributed by atoms with E-state index in [4.69, 9.17) is 5.11 Å². The minimum Gasteiger partial charge on any atom is -0.481 e. The third-order valence-electron chi connectivity index (χ3n) is 3.36. The number of amides is 2. The number of aliphatic carboxylic acids is 1. The molecule has 1 atom stereocenters. The van der Waals surface area contributed by atoms with Crippen molar-refractivity contribution in [2.75, 3.05) is 19.6 Å². The summed E-state index contributed by atoms with van der Waals surface area (Å²) in [5.41, 5.74) is -0.443. The highest BCUT2D eigenvalue weighted by Crippen LogP contribution is 2.23. The summed E-state index contributed by atoms with van der Waals surface area (Å²) in [5, 5.41) is 11.2. The van der Waals surface area contributed by atoms with Gasteiger partial charge in [-0.3, -0.25) is 14.4 Å². The molecule has 2 N–H and O–H groups in total. The van der Waals surface area contributed by atoms with E-state index < -0.39 is 11.4 Å². The Morgan fingerprint density at radius 3 is 2.50 bits per heavy atom. The van der Waals surface area contributed by atoms with Crippen molar-refractivity contribution in [1.29, 1.82) is 0 Å². The summed E-state index contributed by atoms with van der Waals surface area (Å²) >= 11 is 0. The van der Waals surface area contributed by atoms with E-state index in [1.807, 2.05) is 20.8 Å². The molecular formula is C14H24N2O4. The number of carboxylic acid groups (broad SMARTS) is 1. The summed E-state index contributed by atoms with van der Waals surface area (Å²) < 4.78 is 0. The molecule has 6 heteroatoms. The van der Waals surface area contributed by atoms with Crippen molar-refractivity contribution in [2.24, 2.45) is 11.3 Å². The van der Waals surface area contributed by atoms with E-state index in [1.165, 1.54) is 0 Å². The number of nitrogens with one attached hydrogen (secondary N) is 1. The highest BCUT2D eigenvalue weighted by molar-refractivity contribution is 5.84. The number of nitrogens with zero attached hydrogens (tertiary/aromatic N) is 1. The monoisotopic (exact) mass is 284 g/mol. The highest BCUT2D eigenvalue weighted by Gasteiger charge is 2.33. The molecule has 20 heavy (non-hydrogen) atoms. The zero-order valence-corrected chi connectivity index (χ0v) is 12.4. The molecule has 1 saturated heterocycles. The maximum atomic E-state index is 12.2. The van der Waals surface area contributed by atoms with Crippen LogP contribution in [0.1, 0.15) is 40.0 Å². The lowest BCUT2D eigenvalue weighted by atomic mass is 9.91. The lowest BCUT2D eigenvalue weighted by Crippen LogP contribution is -2.48. The number of carbonyl (C=O) groups excluding carboxylic acids is 2. The molecule has 1 aliphatic heterocycles. The van der Waals surface area contributed by atoms with Gasteiger partial charge in [0.2, 0.25) is 11.8 Å². The van der Waals surface area contributed by atoms with Crippen LogP contribution in [0.3, 0.4) is 0 Å². The van der Waals surface area contributed by atoms with Crippen molar-refractivity contribution in [3.8, 4) is 0 Å². The average molecular weight is 284 g/mol. The second-order valence-corrected chi connectivity index (χ2v) is 6.28. The van der Waals surface area contributed by atoms with Crippen molar-refractivity contribution in [3.63, 3.8) is 0 Å². The minimum atomic E-state index is -0.932. The number of likely N-dealkylation sites (tertiary alicyclic amines) is 1. The Kier molecular flexibility index (Phi) is 5.53. The molecule has 0 saturated carbocycles. The predicted molar refractivity (Wildman–Crippen MR) is 74.0 cm³/mol. The molecule has 0 aromatic rings. The summed E-state index contributed by atoms with van der Waals surface area (Å²) in [6.07, 6.45) is 1.47. The molecular weight excluding hydrogens is 260 g/mol. The molecule has 0 bridgehead atoms. The van der Waals surface area contributed by atoms with Crippen molar-refractivity contribution in [3.05, 3.63) is 0 Å². The van der Waals surface area contributed by atoms with Gasteiger partial charge in [0.25, 0.3) is 0 Å². The molecule has 0 aliphatic carbocycles. The second kappa shape index (κ2) is 6.72. The van der Waals surface area contributed by atoms with Crippen LogP contribution in [0.4, 0.5) is 0 Å². The lowest BCUT2D eigenvalue weighted by Gasteiger charge is -2.35. The van der Waals surface area contributed by atoms with Gasteiger partial charge in [-0.2, -0.15) is 0 Å². The third kappa shape index (κ3) is 4.83. The first-order chi connectivity index (χ1) is 9.21. The molecule has 0 aromatic heterocycles. The Hall–Kier alpha value is -1.59. The molecule has 2 amide bonds. The van der Waals surface area contributed by atoms with E-state index in [1.54, 1.807) is 4.90 Å². The molecule has 1 unspecified atom stereocenters. The van der Waals surface area contributed by atoms with Crippen molar-refractivity contribution in [1.82, 2.24) is 10.2 Å². The zero-order valence-electron chi connectivity index (χ0n) is 12.4. The zero-order chi connectivity index (χ0) is 15.3. The Balaban J connectivity index is 2.50. The number of hydrogen-bond acceptors (Lipinski definition) is 3. The van der Waals surface area contributed by atoms with Gasteiger partial charge in [-0.1, -0.05) is 20.8 Å². The highest BCUT2D eigenvalue weighted by atomic mass is 16.4. The molecule has 1 heterocycles. The first kappa shape index (κ1) is 16.5. The summed E-state index contributed by atoms with van der Waals surface area (Å²) in [5.74, 6) is -1.26. The molecule has 6 nitrogen and oxygen atoms in total. The minimum absolute atomic E-state index is 0.0561. The van der Waals surface area contributed by atoms with Crippen LogP contribution in [0.15, 0.2) is 0 Å². The second-order valence-electron chi connectivity index (χ2n) is 6.28. The van der Waals surface area contributed by atoms with E-state index >= 15 is 0 Å². The smallest absolute Gasteiger partial charge is 0.305 e. The fourth-order valence-corrected chi connectivity index (χ4v) is 2.29. The van der Waals surface area contributed by atoms with E-state index in [0.717, 1.165) is 12.8 Å². The normalized spacial score (nSPS) is 19.6. The van der Waals surface area contributed by atoms with Crippen LogP contribution in [0, 0.1) is 11.3 Å². The van der Waals surface area contributed by atoms with Gasteiger partial charge in [0.15, 0.2) is 0 Å². The van der Waals surface area contributed by atoms with Gasteiger partial charge in [0.1, 0.15) is 0 Å². The number of rotatable bonds is 4. The van der Waals surface area contributed by atoms with Crippen LogP contribution in [0.5, 0.6) is 0 Å². The maximum Gasteiger partial charge on any atom is 0.305 e. The van der Waals surface area contributed by atoms with Crippen LogP contribution in [0.2, 0.25) is 0 Å². The van der Waals surface area contributed by atoms with Gasteiger partial charge in [0, 0.05) is 25.0 Å². The van der Waals surface area contributed by atoms with E-state index in [-0.39, 0.29) is 30.7 Å².